The summed E-state index contributed by atoms with van der Waals surface area (Å²) >= 11 is 0. The molecule has 1 atom stereocenters. The Labute approximate surface area is 116 Å². The van der Waals surface area contributed by atoms with Crippen LogP contribution in [0.25, 0.3) is 0 Å². The summed E-state index contributed by atoms with van der Waals surface area (Å²) in [5.41, 5.74) is 2.86. The van der Waals surface area contributed by atoms with Crippen molar-refractivity contribution in [1.82, 2.24) is 5.32 Å². The Bertz CT molecular complexity index is 417. The van der Waals surface area contributed by atoms with Crippen molar-refractivity contribution in [2.75, 3.05) is 27.3 Å². The van der Waals surface area contributed by atoms with Crippen LogP contribution in [0.5, 0.6) is 11.5 Å². The molecule has 2 rings (SSSR count). The van der Waals surface area contributed by atoms with Gasteiger partial charge >= 0.3 is 0 Å². The average Bonchev–Trinajstić information content (AvgIpc) is 2.46. The van der Waals surface area contributed by atoms with Crippen molar-refractivity contribution in [3.8, 4) is 11.5 Å². The van der Waals surface area contributed by atoms with E-state index in [1.54, 1.807) is 14.2 Å². The lowest BCUT2D eigenvalue weighted by molar-refractivity contribution is 0.352. The SMILES string of the molecule is CCCNCC1CCCc2cc(OC)c(OC)cc21. The summed E-state index contributed by atoms with van der Waals surface area (Å²) in [6, 6.07) is 4.33. The Morgan fingerprint density at radius 3 is 2.63 bits per heavy atom. The van der Waals surface area contributed by atoms with Gasteiger partial charge in [-0.25, -0.2) is 0 Å². The van der Waals surface area contributed by atoms with Crippen molar-refractivity contribution in [3.05, 3.63) is 23.3 Å². The minimum Gasteiger partial charge on any atom is -0.493 e. The summed E-state index contributed by atoms with van der Waals surface area (Å²) in [6.07, 6.45) is 4.87. The Balaban J connectivity index is 2.22. The van der Waals surface area contributed by atoms with Crippen molar-refractivity contribution in [1.29, 1.82) is 0 Å². The molecule has 0 bridgehead atoms. The number of benzene rings is 1. The second-order valence-corrected chi connectivity index (χ2v) is 5.20. The summed E-state index contributed by atoms with van der Waals surface area (Å²) < 4.78 is 10.8. The zero-order chi connectivity index (χ0) is 13.7. The normalized spacial score (nSPS) is 17.9. The molecule has 19 heavy (non-hydrogen) atoms. The van der Waals surface area contributed by atoms with Crippen LogP contribution >= 0.6 is 0 Å². The first kappa shape index (κ1) is 14.2. The number of fused-ring (bicyclic) bond motifs is 1. The lowest BCUT2D eigenvalue weighted by Gasteiger charge is -2.27. The van der Waals surface area contributed by atoms with E-state index in [-0.39, 0.29) is 0 Å². The highest BCUT2D eigenvalue weighted by Gasteiger charge is 2.22. The van der Waals surface area contributed by atoms with Crippen LogP contribution in [0.2, 0.25) is 0 Å². The number of rotatable bonds is 6. The lowest BCUT2D eigenvalue weighted by atomic mass is 9.82. The van der Waals surface area contributed by atoms with Gasteiger partial charge < -0.3 is 14.8 Å². The molecule has 3 nitrogen and oxygen atoms in total. The minimum atomic E-state index is 0.607. The van der Waals surface area contributed by atoms with Gasteiger partial charge in [0.05, 0.1) is 14.2 Å². The Hall–Kier alpha value is -1.22. The van der Waals surface area contributed by atoms with Gasteiger partial charge in [-0.2, -0.15) is 0 Å². The topological polar surface area (TPSA) is 30.5 Å². The van der Waals surface area contributed by atoms with Crippen LogP contribution in [0, 0.1) is 0 Å². The molecule has 1 aromatic rings. The molecule has 0 amide bonds. The summed E-state index contributed by atoms with van der Waals surface area (Å²) in [5, 5.41) is 3.54. The molecule has 1 aromatic carbocycles. The number of ether oxygens (including phenoxy) is 2. The van der Waals surface area contributed by atoms with Gasteiger partial charge in [-0.1, -0.05) is 6.92 Å². The molecule has 0 fully saturated rings. The molecule has 1 N–H and O–H groups in total. The van der Waals surface area contributed by atoms with Gasteiger partial charge in [0.25, 0.3) is 0 Å². The molecule has 0 radical (unpaired) electrons. The fourth-order valence-electron chi connectivity index (χ4n) is 2.89. The highest BCUT2D eigenvalue weighted by atomic mass is 16.5. The van der Waals surface area contributed by atoms with E-state index in [2.05, 4.69) is 24.4 Å². The first-order chi connectivity index (χ1) is 9.30. The molecule has 0 heterocycles. The van der Waals surface area contributed by atoms with E-state index in [1.165, 1.54) is 30.4 Å². The maximum atomic E-state index is 5.43. The number of hydrogen-bond acceptors (Lipinski definition) is 3. The molecule has 0 spiro atoms. The van der Waals surface area contributed by atoms with E-state index < -0.39 is 0 Å². The first-order valence-corrected chi connectivity index (χ1v) is 7.25. The number of methoxy groups -OCH3 is 2. The Morgan fingerprint density at radius 2 is 1.95 bits per heavy atom. The molecule has 1 aliphatic carbocycles. The van der Waals surface area contributed by atoms with Gasteiger partial charge in [-0.05, 0) is 61.4 Å². The van der Waals surface area contributed by atoms with Crippen LogP contribution < -0.4 is 14.8 Å². The summed E-state index contributed by atoms with van der Waals surface area (Å²) in [4.78, 5) is 0. The number of hydrogen-bond donors (Lipinski definition) is 1. The second-order valence-electron chi connectivity index (χ2n) is 5.20. The van der Waals surface area contributed by atoms with Crippen LogP contribution in [0.4, 0.5) is 0 Å². The van der Waals surface area contributed by atoms with Crippen molar-refractivity contribution in [2.45, 2.75) is 38.5 Å². The lowest BCUT2D eigenvalue weighted by Crippen LogP contribution is -2.25. The standard InChI is InChI=1S/C16H25NO2/c1-4-8-17-11-13-7-5-6-12-9-15(18-2)16(19-3)10-14(12)13/h9-10,13,17H,4-8,11H2,1-3H3. The van der Waals surface area contributed by atoms with E-state index in [0.717, 1.165) is 31.0 Å². The highest BCUT2D eigenvalue weighted by Crippen LogP contribution is 2.38. The molecule has 3 heteroatoms. The first-order valence-electron chi connectivity index (χ1n) is 7.25. The Morgan fingerprint density at radius 1 is 1.21 bits per heavy atom. The van der Waals surface area contributed by atoms with Crippen LogP contribution in [-0.2, 0) is 6.42 Å². The summed E-state index contributed by atoms with van der Waals surface area (Å²) in [6.45, 7) is 4.37. The van der Waals surface area contributed by atoms with E-state index >= 15 is 0 Å². The van der Waals surface area contributed by atoms with Gasteiger partial charge in [0.2, 0.25) is 0 Å². The predicted molar refractivity (Wildman–Crippen MR) is 78.4 cm³/mol. The fraction of sp³-hybridized carbons (Fsp3) is 0.625. The van der Waals surface area contributed by atoms with Crippen molar-refractivity contribution in [2.24, 2.45) is 0 Å². The largest absolute Gasteiger partial charge is 0.493 e. The quantitative estimate of drug-likeness (QED) is 0.800. The summed E-state index contributed by atoms with van der Waals surface area (Å²) in [5.74, 6) is 2.31. The van der Waals surface area contributed by atoms with E-state index in [1.807, 2.05) is 0 Å². The van der Waals surface area contributed by atoms with Crippen LogP contribution in [-0.4, -0.2) is 27.3 Å². The van der Waals surface area contributed by atoms with Gasteiger partial charge in [0, 0.05) is 6.54 Å². The molecule has 106 valence electrons. The maximum Gasteiger partial charge on any atom is 0.161 e. The summed E-state index contributed by atoms with van der Waals surface area (Å²) in [7, 11) is 3.41. The molecular weight excluding hydrogens is 238 g/mol. The predicted octanol–water partition coefficient (Wildman–Crippen LogP) is 3.12. The zero-order valence-electron chi connectivity index (χ0n) is 12.3. The molecule has 1 aliphatic rings. The third-order valence-electron chi connectivity index (χ3n) is 3.90. The smallest absolute Gasteiger partial charge is 0.161 e. The molecule has 0 saturated heterocycles. The molecular formula is C16H25NO2. The maximum absolute atomic E-state index is 5.43. The Kier molecular flexibility index (Phi) is 5.08. The molecule has 0 aromatic heterocycles. The van der Waals surface area contributed by atoms with Crippen molar-refractivity contribution >= 4 is 0 Å². The van der Waals surface area contributed by atoms with Gasteiger partial charge in [-0.3, -0.25) is 0 Å². The second kappa shape index (κ2) is 6.80. The fourth-order valence-corrected chi connectivity index (χ4v) is 2.89. The highest BCUT2D eigenvalue weighted by molar-refractivity contribution is 5.49. The van der Waals surface area contributed by atoms with Crippen LogP contribution in [0.3, 0.4) is 0 Å². The van der Waals surface area contributed by atoms with Gasteiger partial charge in [-0.15, -0.1) is 0 Å². The molecule has 0 aliphatic heterocycles. The van der Waals surface area contributed by atoms with Crippen LogP contribution in [0.1, 0.15) is 43.2 Å². The van der Waals surface area contributed by atoms with Gasteiger partial charge in [0.15, 0.2) is 11.5 Å². The third kappa shape index (κ3) is 3.21. The van der Waals surface area contributed by atoms with Crippen LogP contribution in [0.15, 0.2) is 12.1 Å². The van der Waals surface area contributed by atoms with Crippen molar-refractivity contribution in [3.63, 3.8) is 0 Å². The van der Waals surface area contributed by atoms with E-state index in [0.29, 0.717) is 5.92 Å². The van der Waals surface area contributed by atoms with E-state index in [9.17, 15) is 0 Å². The minimum absolute atomic E-state index is 0.607. The molecule has 1 unspecified atom stereocenters. The van der Waals surface area contributed by atoms with Crippen molar-refractivity contribution < 1.29 is 9.47 Å². The molecule has 0 saturated carbocycles. The third-order valence-corrected chi connectivity index (χ3v) is 3.90. The zero-order valence-corrected chi connectivity index (χ0v) is 12.3. The van der Waals surface area contributed by atoms with E-state index in [4.69, 9.17) is 9.47 Å². The average molecular weight is 263 g/mol. The van der Waals surface area contributed by atoms with Gasteiger partial charge in [0.1, 0.15) is 0 Å². The number of nitrogens with one attached hydrogen (secondary N) is 1. The monoisotopic (exact) mass is 263 g/mol. The number of aryl methyl sites for hydroxylation is 1.